The van der Waals surface area contributed by atoms with Crippen LogP contribution in [0, 0.1) is 27.4 Å². The van der Waals surface area contributed by atoms with Crippen molar-refractivity contribution in [3.05, 3.63) is 39.9 Å². The van der Waals surface area contributed by atoms with Crippen LogP contribution in [0.15, 0.2) is 24.3 Å². The summed E-state index contributed by atoms with van der Waals surface area (Å²) in [6.07, 6.45) is -1.03. The number of hydrogen-bond donors (Lipinski definition) is 1. The van der Waals surface area contributed by atoms with Crippen LogP contribution in [0.5, 0.6) is 0 Å². The molecule has 1 saturated heterocycles. The Kier molecular flexibility index (Phi) is 7.72. The van der Waals surface area contributed by atoms with E-state index in [2.05, 4.69) is 11.0 Å². The summed E-state index contributed by atoms with van der Waals surface area (Å²) in [6, 6.07) is 7.78. The summed E-state index contributed by atoms with van der Waals surface area (Å²) in [5.74, 6) is -0.661. The van der Waals surface area contributed by atoms with Crippen molar-refractivity contribution in [1.82, 2.24) is 14.7 Å². The Balaban J connectivity index is 1.92. The van der Waals surface area contributed by atoms with Crippen LogP contribution in [-0.4, -0.2) is 76.6 Å². The fourth-order valence-electron chi connectivity index (χ4n) is 3.33. The van der Waals surface area contributed by atoms with E-state index in [1.165, 1.54) is 24.3 Å². The first-order valence-electron chi connectivity index (χ1n) is 9.49. The van der Waals surface area contributed by atoms with Crippen molar-refractivity contribution < 1.29 is 14.8 Å². The molecule has 1 aromatic rings. The SMILES string of the molecule is CCN(CC)C(=O)N1CCN(C[C@@H](C#N)[C@@H](O)c2ccc([N+](=O)[O-])cc2)CC1. The highest BCUT2D eigenvalue weighted by atomic mass is 16.6. The van der Waals surface area contributed by atoms with Crippen molar-refractivity contribution in [2.75, 3.05) is 45.8 Å². The zero-order chi connectivity index (χ0) is 20.7. The monoisotopic (exact) mass is 389 g/mol. The summed E-state index contributed by atoms with van der Waals surface area (Å²) >= 11 is 0. The maximum Gasteiger partial charge on any atom is 0.320 e. The molecule has 2 atom stereocenters. The molecule has 1 N–H and O–H groups in total. The molecule has 2 rings (SSSR count). The van der Waals surface area contributed by atoms with Crippen molar-refractivity contribution in [1.29, 1.82) is 5.26 Å². The summed E-state index contributed by atoms with van der Waals surface area (Å²) in [7, 11) is 0. The van der Waals surface area contributed by atoms with Gasteiger partial charge in [-0.15, -0.1) is 0 Å². The van der Waals surface area contributed by atoms with Gasteiger partial charge in [0, 0.05) is 57.9 Å². The Hall–Kier alpha value is -2.70. The molecule has 0 bridgehead atoms. The van der Waals surface area contributed by atoms with Crippen LogP contribution in [0.4, 0.5) is 10.5 Å². The number of piperazine rings is 1. The molecule has 0 radical (unpaired) electrons. The first-order valence-corrected chi connectivity index (χ1v) is 9.49. The molecule has 152 valence electrons. The average Bonchev–Trinajstić information content (AvgIpc) is 2.72. The van der Waals surface area contributed by atoms with Gasteiger partial charge < -0.3 is 14.9 Å². The van der Waals surface area contributed by atoms with Gasteiger partial charge in [-0.3, -0.25) is 15.0 Å². The van der Waals surface area contributed by atoms with E-state index in [0.717, 1.165) is 0 Å². The largest absolute Gasteiger partial charge is 0.387 e. The zero-order valence-corrected chi connectivity index (χ0v) is 16.3. The van der Waals surface area contributed by atoms with Gasteiger partial charge in [0.1, 0.15) is 0 Å². The lowest BCUT2D eigenvalue weighted by atomic mass is 9.96. The Bertz CT molecular complexity index is 706. The Morgan fingerprint density at radius 2 is 1.82 bits per heavy atom. The third kappa shape index (κ3) is 5.18. The number of urea groups is 1. The molecule has 1 fully saturated rings. The van der Waals surface area contributed by atoms with Gasteiger partial charge in [-0.25, -0.2) is 4.79 Å². The van der Waals surface area contributed by atoms with Crippen molar-refractivity contribution >= 4 is 11.7 Å². The van der Waals surface area contributed by atoms with E-state index in [1.807, 2.05) is 18.7 Å². The molecule has 28 heavy (non-hydrogen) atoms. The molecule has 1 heterocycles. The fourth-order valence-corrected chi connectivity index (χ4v) is 3.33. The maximum atomic E-state index is 12.4. The number of nitro benzene ring substituents is 1. The van der Waals surface area contributed by atoms with Gasteiger partial charge in [-0.05, 0) is 31.5 Å². The van der Waals surface area contributed by atoms with Crippen LogP contribution in [0.2, 0.25) is 0 Å². The van der Waals surface area contributed by atoms with Gasteiger partial charge in [0.2, 0.25) is 0 Å². The maximum absolute atomic E-state index is 12.4. The molecular formula is C19H27N5O4. The molecule has 1 aliphatic rings. The van der Waals surface area contributed by atoms with E-state index in [4.69, 9.17) is 0 Å². The predicted molar refractivity (Wildman–Crippen MR) is 103 cm³/mol. The molecule has 0 saturated carbocycles. The van der Waals surface area contributed by atoms with Crippen LogP contribution in [-0.2, 0) is 0 Å². The summed E-state index contributed by atoms with van der Waals surface area (Å²) in [5, 5.41) is 30.8. The first kappa shape index (κ1) is 21.6. The minimum absolute atomic E-state index is 0.0346. The normalized spacial score (nSPS) is 16.9. The number of hydrogen-bond acceptors (Lipinski definition) is 6. The second-order valence-electron chi connectivity index (χ2n) is 6.77. The van der Waals surface area contributed by atoms with Crippen LogP contribution < -0.4 is 0 Å². The second kappa shape index (κ2) is 10.0. The van der Waals surface area contributed by atoms with Gasteiger partial charge >= 0.3 is 6.03 Å². The molecular weight excluding hydrogens is 362 g/mol. The topological polar surface area (TPSA) is 114 Å². The van der Waals surface area contributed by atoms with Crippen LogP contribution in [0.3, 0.4) is 0 Å². The fraction of sp³-hybridized carbons (Fsp3) is 0.579. The van der Waals surface area contributed by atoms with Gasteiger partial charge in [0.25, 0.3) is 5.69 Å². The number of aliphatic hydroxyl groups excluding tert-OH is 1. The van der Waals surface area contributed by atoms with Crippen molar-refractivity contribution in [3.63, 3.8) is 0 Å². The Labute approximate surface area is 164 Å². The van der Waals surface area contributed by atoms with Gasteiger partial charge in [0.05, 0.1) is 23.0 Å². The number of nitrogens with zero attached hydrogens (tertiary/aromatic N) is 5. The number of amides is 2. The number of carbonyl (C=O) groups is 1. The quantitative estimate of drug-likeness (QED) is 0.562. The van der Waals surface area contributed by atoms with E-state index < -0.39 is 16.9 Å². The Morgan fingerprint density at radius 3 is 2.29 bits per heavy atom. The summed E-state index contributed by atoms with van der Waals surface area (Å²) in [6.45, 7) is 8.07. The van der Waals surface area contributed by atoms with E-state index in [-0.39, 0.29) is 11.7 Å². The number of rotatable bonds is 7. The van der Waals surface area contributed by atoms with E-state index in [9.17, 15) is 25.3 Å². The predicted octanol–water partition coefficient (Wildman–Crippen LogP) is 1.85. The molecule has 2 amide bonds. The third-order valence-electron chi connectivity index (χ3n) is 5.12. The number of aliphatic hydroxyl groups is 1. The van der Waals surface area contributed by atoms with Crippen molar-refractivity contribution in [2.45, 2.75) is 20.0 Å². The van der Waals surface area contributed by atoms with Gasteiger partial charge in [-0.2, -0.15) is 5.26 Å². The summed E-state index contributed by atoms with van der Waals surface area (Å²) in [4.78, 5) is 28.3. The summed E-state index contributed by atoms with van der Waals surface area (Å²) < 4.78 is 0. The van der Waals surface area contributed by atoms with Gasteiger partial charge in [0.15, 0.2) is 0 Å². The number of carbonyl (C=O) groups excluding carboxylic acids is 1. The number of benzene rings is 1. The van der Waals surface area contributed by atoms with Gasteiger partial charge in [-0.1, -0.05) is 0 Å². The first-order chi connectivity index (χ1) is 13.4. The second-order valence-corrected chi connectivity index (χ2v) is 6.77. The van der Waals surface area contributed by atoms with Crippen molar-refractivity contribution in [3.8, 4) is 6.07 Å². The van der Waals surface area contributed by atoms with E-state index in [0.29, 0.717) is 51.4 Å². The van der Waals surface area contributed by atoms with Crippen LogP contribution in [0.25, 0.3) is 0 Å². The smallest absolute Gasteiger partial charge is 0.320 e. The number of non-ortho nitro benzene ring substituents is 1. The molecule has 0 spiro atoms. The molecule has 0 unspecified atom stereocenters. The van der Waals surface area contributed by atoms with Crippen molar-refractivity contribution in [2.24, 2.45) is 5.92 Å². The lowest BCUT2D eigenvalue weighted by Gasteiger charge is -2.38. The summed E-state index contributed by atoms with van der Waals surface area (Å²) in [5.41, 5.74) is 0.422. The molecule has 1 aliphatic heterocycles. The van der Waals surface area contributed by atoms with E-state index in [1.54, 1.807) is 4.90 Å². The van der Waals surface area contributed by atoms with Crippen LogP contribution in [0.1, 0.15) is 25.5 Å². The molecule has 0 aliphatic carbocycles. The molecule has 9 nitrogen and oxygen atoms in total. The lowest BCUT2D eigenvalue weighted by Crippen LogP contribution is -2.53. The van der Waals surface area contributed by atoms with E-state index >= 15 is 0 Å². The van der Waals surface area contributed by atoms with Crippen LogP contribution >= 0.6 is 0 Å². The number of nitro groups is 1. The highest BCUT2D eigenvalue weighted by Crippen LogP contribution is 2.25. The third-order valence-corrected chi connectivity index (χ3v) is 5.12. The highest BCUT2D eigenvalue weighted by molar-refractivity contribution is 5.74. The lowest BCUT2D eigenvalue weighted by molar-refractivity contribution is -0.384. The minimum Gasteiger partial charge on any atom is -0.387 e. The zero-order valence-electron chi connectivity index (χ0n) is 16.3. The number of nitriles is 1. The minimum atomic E-state index is -1.03. The molecule has 9 heteroatoms. The molecule has 1 aromatic carbocycles. The Morgan fingerprint density at radius 1 is 1.25 bits per heavy atom. The standard InChI is InChI=1S/C19H27N5O4/c1-3-22(4-2)19(26)23-11-9-21(10-12-23)14-16(13-20)18(25)15-5-7-17(8-6-15)24(27)28/h5-8,16,18,25H,3-4,9-12,14H2,1-2H3/t16-,18+/m1/s1. The average molecular weight is 389 g/mol. The molecule has 0 aromatic heterocycles. The highest BCUT2D eigenvalue weighted by Gasteiger charge is 2.28.